The molecule has 0 aliphatic carbocycles. The van der Waals surface area contributed by atoms with Gasteiger partial charge in [-0.3, -0.25) is 0 Å². The van der Waals surface area contributed by atoms with Crippen LogP contribution in [0.4, 0.5) is 11.6 Å². The number of rotatable bonds is 4. The van der Waals surface area contributed by atoms with Crippen LogP contribution in [0.1, 0.15) is 19.4 Å². The lowest BCUT2D eigenvalue weighted by Crippen LogP contribution is -2.23. The molecule has 98 valence electrons. The summed E-state index contributed by atoms with van der Waals surface area (Å²) in [5, 5.41) is 21.4. The summed E-state index contributed by atoms with van der Waals surface area (Å²) < 4.78 is 1.44. The van der Waals surface area contributed by atoms with Gasteiger partial charge >= 0.3 is 0 Å². The van der Waals surface area contributed by atoms with Gasteiger partial charge in [-0.05, 0) is 26.0 Å². The molecule has 7 heteroatoms. The van der Waals surface area contributed by atoms with Gasteiger partial charge in [0.2, 0.25) is 0 Å². The third-order valence-corrected chi connectivity index (χ3v) is 2.85. The summed E-state index contributed by atoms with van der Waals surface area (Å²) in [6, 6.07) is 5.59. The fourth-order valence-electron chi connectivity index (χ4n) is 1.85. The summed E-state index contributed by atoms with van der Waals surface area (Å²) in [5.41, 5.74) is 6.35. The van der Waals surface area contributed by atoms with Crippen molar-refractivity contribution in [3.8, 4) is 11.9 Å². The van der Waals surface area contributed by atoms with Crippen molar-refractivity contribution in [2.45, 2.75) is 13.8 Å². The molecule has 0 fully saturated rings. The van der Waals surface area contributed by atoms with E-state index in [9.17, 15) is 5.26 Å². The highest BCUT2D eigenvalue weighted by molar-refractivity contribution is 5.66. The molecule has 0 bridgehead atoms. The second-order valence-corrected chi connectivity index (χ2v) is 3.86. The topological polar surface area (TPSA) is 96.7 Å². The fourth-order valence-corrected chi connectivity index (χ4v) is 1.85. The Hall–Kier alpha value is -2.62. The van der Waals surface area contributed by atoms with Gasteiger partial charge in [-0.15, -0.1) is 10.2 Å². The molecule has 2 aromatic rings. The van der Waals surface area contributed by atoms with Crippen LogP contribution in [0.15, 0.2) is 18.3 Å². The van der Waals surface area contributed by atoms with E-state index >= 15 is 0 Å². The number of nitriles is 1. The number of nitrogens with zero attached hydrogens (tertiary/aromatic N) is 6. The van der Waals surface area contributed by atoms with Crippen LogP contribution in [0.3, 0.4) is 0 Å². The van der Waals surface area contributed by atoms with Crippen molar-refractivity contribution >= 4 is 11.6 Å². The van der Waals surface area contributed by atoms with Gasteiger partial charge in [0.1, 0.15) is 17.5 Å². The molecule has 2 rings (SSSR count). The quantitative estimate of drug-likeness (QED) is 0.876. The van der Waals surface area contributed by atoms with Crippen LogP contribution in [0.25, 0.3) is 5.82 Å². The van der Waals surface area contributed by atoms with Crippen molar-refractivity contribution in [3.63, 3.8) is 0 Å². The molecular weight excluding hydrogens is 242 g/mol. The van der Waals surface area contributed by atoms with Gasteiger partial charge in [0.25, 0.3) is 0 Å². The molecule has 2 heterocycles. The first-order valence-corrected chi connectivity index (χ1v) is 6.04. The first kappa shape index (κ1) is 12.8. The van der Waals surface area contributed by atoms with E-state index in [4.69, 9.17) is 5.73 Å². The van der Waals surface area contributed by atoms with E-state index < -0.39 is 0 Å². The molecule has 0 atom stereocenters. The number of anilines is 2. The number of aromatic nitrogens is 4. The lowest BCUT2D eigenvalue weighted by atomic mass is 10.3. The smallest absolute Gasteiger partial charge is 0.178 e. The summed E-state index contributed by atoms with van der Waals surface area (Å²) in [6.07, 6.45) is 1.57. The first-order valence-electron chi connectivity index (χ1n) is 6.04. The molecule has 0 aliphatic heterocycles. The van der Waals surface area contributed by atoms with Crippen LogP contribution in [0, 0.1) is 11.3 Å². The second kappa shape index (κ2) is 5.35. The zero-order valence-corrected chi connectivity index (χ0v) is 10.9. The van der Waals surface area contributed by atoms with E-state index in [1.165, 1.54) is 4.68 Å². The maximum absolute atomic E-state index is 9.25. The van der Waals surface area contributed by atoms with Gasteiger partial charge in [0, 0.05) is 19.3 Å². The van der Waals surface area contributed by atoms with Gasteiger partial charge in [-0.25, -0.2) is 0 Å². The minimum atomic E-state index is 0.282. The third kappa shape index (κ3) is 2.20. The molecule has 0 radical (unpaired) electrons. The van der Waals surface area contributed by atoms with Gasteiger partial charge in [-0.2, -0.15) is 15.0 Å². The first-order chi connectivity index (χ1) is 9.22. The Kier molecular flexibility index (Phi) is 3.61. The third-order valence-electron chi connectivity index (χ3n) is 2.85. The molecule has 2 N–H and O–H groups in total. The van der Waals surface area contributed by atoms with Crippen molar-refractivity contribution in [2.24, 2.45) is 0 Å². The van der Waals surface area contributed by atoms with E-state index in [0.29, 0.717) is 17.2 Å². The van der Waals surface area contributed by atoms with Crippen LogP contribution in [0.2, 0.25) is 0 Å². The maximum Gasteiger partial charge on any atom is 0.178 e. The Bertz CT molecular complexity index is 593. The lowest BCUT2D eigenvalue weighted by Gasteiger charge is -2.17. The normalized spacial score (nSPS) is 10.2. The average molecular weight is 257 g/mol. The number of nitrogens with two attached hydrogens (primary N) is 1. The maximum atomic E-state index is 9.25. The van der Waals surface area contributed by atoms with Crippen LogP contribution >= 0.6 is 0 Å². The molecule has 0 saturated carbocycles. The molecule has 19 heavy (non-hydrogen) atoms. The predicted molar refractivity (Wildman–Crippen MR) is 71.8 cm³/mol. The van der Waals surface area contributed by atoms with Crippen LogP contribution < -0.4 is 10.6 Å². The molecule has 0 amide bonds. The van der Waals surface area contributed by atoms with E-state index in [0.717, 1.165) is 13.1 Å². The summed E-state index contributed by atoms with van der Waals surface area (Å²) in [7, 11) is 0. The van der Waals surface area contributed by atoms with E-state index in [-0.39, 0.29) is 5.82 Å². The van der Waals surface area contributed by atoms with Gasteiger partial charge < -0.3 is 10.6 Å². The van der Waals surface area contributed by atoms with E-state index in [1.807, 2.05) is 18.7 Å². The van der Waals surface area contributed by atoms with Gasteiger partial charge in [0.15, 0.2) is 11.6 Å². The number of hydrogen-bond donors (Lipinski definition) is 1. The highest BCUT2D eigenvalue weighted by Crippen LogP contribution is 2.25. The summed E-state index contributed by atoms with van der Waals surface area (Å²) in [6.45, 7) is 5.51. The molecule has 0 aliphatic rings. The molecule has 0 unspecified atom stereocenters. The van der Waals surface area contributed by atoms with Crippen LogP contribution in [-0.2, 0) is 0 Å². The molecule has 0 spiro atoms. The lowest BCUT2D eigenvalue weighted by molar-refractivity contribution is 0.785. The molecule has 0 saturated heterocycles. The van der Waals surface area contributed by atoms with Gasteiger partial charge in [-0.1, -0.05) is 0 Å². The van der Waals surface area contributed by atoms with Crippen LogP contribution in [-0.4, -0.2) is 33.1 Å². The second-order valence-electron chi connectivity index (χ2n) is 3.86. The highest BCUT2D eigenvalue weighted by atomic mass is 15.4. The predicted octanol–water partition coefficient (Wildman–Crippen LogP) is 0.962. The fraction of sp³-hybridized carbons (Fsp3) is 0.333. The molecule has 0 aromatic carbocycles. The van der Waals surface area contributed by atoms with Crippen molar-refractivity contribution in [1.29, 1.82) is 5.26 Å². The van der Waals surface area contributed by atoms with Crippen molar-refractivity contribution in [1.82, 2.24) is 20.0 Å². The van der Waals surface area contributed by atoms with Crippen molar-refractivity contribution in [3.05, 3.63) is 23.9 Å². The van der Waals surface area contributed by atoms with Gasteiger partial charge in [0.05, 0.1) is 0 Å². The Morgan fingerprint density at radius 1 is 1.42 bits per heavy atom. The van der Waals surface area contributed by atoms with Crippen molar-refractivity contribution in [2.75, 3.05) is 23.7 Å². The average Bonchev–Trinajstić information content (AvgIpc) is 2.78. The number of hydrogen-bond acceptors (Lipinski definition) is 6. The van der Waals surface area contributed by atoms with E-state index in [1.54, 1.807) is 18.3 Å². The summed E-state index contributed by atoms with van der Waals surface area (Å²) in [4.78, 5) is 1.97. The SMILES string of the molecule is CCN(CC)c1nn(-c2cccnn2)c(N)c1C#N. The zero-order valence-electron chi connectivity index (χ0n) is 10.9. The highest BCUT2D eigenvalue weighted by Gasteiger charge is 2.20. The minimum Gasteiger partial charge on any atom is -0.382 e. The zero-order chi connectivity index (χ0) is 13.8. The number of nitrogen functional groups attached to an aromatic ring is 1. The van der Waals surface area contributed by atoms with Crippen LogP contribution in [0.5, 0.6) is 0 Å². The van der Waals surface area contributed by atoms with Crippen molar-refractivity contribution < 1.29 is 0 Å². The summed E-state index contributed by atoms with van der Waals surface area (Å²) >= 11 is 0. The monoisotopic (exact) mass is 257 g/mol. The Labute approximate surface area is 111 Å². The molecule has 2 aromatic heterocycles. The Balaban J connectivity index is 2.57. The minimum absolute atomic E-state index is 0.282. The van der Waals surface area contributed by atoms with E-state index in [2.05, 4.69) is 21.4 Å². The molecular formula is C12H15N7. The Morgan fingerprint density at radius 3 is 2.68 bits per heavy atom. The largest absolute Gasteiger partial charge is 0.382 e. The summed E-state index contributed by atoms with van der Waals surface area (Å²) in [5.74, 6) is 1.36. The molecule has 7 nitrogen and oxygen atoms in total. The standard InChI is InChI=1S/C12H15N7/c1-3-18(4-2)12-9(8-13)11(14)19(17-12)10-6-5-7-15-16-10/h5-7H,3-4,14H2,1-2H3. The Morgan fingerprint density at radius 2 is 2.16 bits per heavy atom.